The first-order valence-electron chi connectivity index (χ1n) is 5.57. The van der Waals surface area contributed by atoms with Gasteiger partial charge in [0.15, 0.2) is 0 Å². The molecule has 2 aromatic rings. The highest BCUT2D eigenvalue weighted by Crippen LogP contribution is 2.35. The van der Waals surface area contributed by atoms with Gasteiger partial charge in [0.25, 0.3) is 0 Å². The molecule has 102 valence electrons. The van der Waals surface area contributed by atoms with Crippen molar-refractivity contribution in [2.24, 2.45) is 0 Å². The van der Waals surface area contributed by atoms with E-state index in [4.69, 9.17) is 0 Å². The lowest BCUT2D eigenvalue weighted by atomic mass is 10.1. The minimum Gasteiger partial charge on any atom is -0.166 e. The van der Waals surface area contributed by atoms with Crippen LogP contribution in [-0.2, 0) is 6.18 Å². The maximum absolute atomic E-state index is 12.6. The summed E-state index contributed by atoms with van der Waals surface area (Å²) >= 11 is 4.75. The Balaban J connectivity index is 2.34. The van der Waals surface area contributed by atoms with Crippen molar-refractivity contribution in [3.8, 4) is 10.6 Å². The highest BCUT2D eigenvalue weighted by atomic mass is 79.9. The zero-order valence-electron chi connectivity index (χ0n) is 9.91. The number of halogens is 4. The van der Waals surface area contributed by atoms with E-state index in [9.17, 15) is 13.2 Å². The van der Waals surface area contributed by atoms with E-state index in [1.807, 2.05) is 6.92 Å². The normalized spacial score (nSPS) is 13.5. The van der Waals surface area contributed by atoms with Gasteiger partial charge in [0.1, 0.15) is 10.0 Å². The topological polar surface area (TPSA) is 25.8 Å². The number of hydrogen-bond donors (Lipinski definition) is 0. The van der Waals surface area contributed by atoms with E-state index in [1.54, 1.807) is 6.07 Å². The number of benzene rings is 1. The Kier molecular flexibility index (Phi) is 4.25. The predicted octanol–water partition coefficient (Wildman–Crippen LogP) is 5.07. The third kappa shape index (κ3) is 3.33. The lowest BCUT2D eigenvalue weighted by molar-refractivity contribution is -0.137. The SMILES string of the molecule is CCC(Br)c1nnc(-c2cccc(C(F)(F)F)c2)s1. The highest BCUT2D eigenvalue weighted by Gasteiger charge is 2.30. The van der Waals surface area contributed by atoms with Crippen LogP contribution >= 0.6 is 27.3 Å². The Morgan fingerprint density at radius 1 is 1.32 bits per heavy atom. The maximum Gasteiger partial charge on any atom is 0.416 e. The van der Waals surface area contributed by atoms with Crippen LogP contribution in [0, 0.1) is 0 Å². The second-order valence-electron chi connectivity index (χ2n) is 3.90. The first kappa shape index (κ1) is 14.5. The fourth-order valence-electron chi connectivity index (χ4n) is 1.48. The van der Waals surface area contributed by atoms with Gasteiger partial charge < -0.3 is 0 Å². The molecule has 1 atom stereocenters. The molecule has 19 heavy (non-hydrogen) atoms. The van der Waals surface area contributed by atoms with Crippen molar-refractivity contribution in [2.45, 2.75) is 24.3 Å². The molecule has 7 heteroatoms. The number of nitrogens with zero attached hydrogens (tertiary/aromatic N) is 2. The molecule has 0 radical (unpaired) electrons. The Morgan fingerprint density at radius 2 is 2.05 bits per heavy atom. The molecule has 0 spiro atoms. The lowest BCUT2D eigenvalue weighted by Gasteiger charge is -2.06. The van der Waals surface area contributed by atoms with Crippen LogP contribution in [-0.4, -0.2) is 10.2 Å². The molecule has 2 rings (SSSR count). The fourth-order valence-corrected chi connectivity index (χ4v) is 2.75. The van der Waals surface area contributed by atoms with Crippen LogP contribution in [0.5, 0.6) is 0 Å². The zero-order chi connectivity index (χ0) is 14.0. The maximum atomic E-state index is 12.6. The lowest BCUT2D eigenvalue weighted by Crippen LogP contribution is -2.04. The minimum absolute atomic E-state index is 0.0875. The first-order valence-corrected chi connectivity index (χ1v) is 7.30. The monoisotopic (exact) mass is 350 g/mol. The molecule has 1 aromatic heterocycles. The summed E-state index contributed by atoms with van der Waals surface area (Å²) in [5, 5.41) is 9.22. The van der Waals surface area contributed by atoms with Gasteiger partial charge in [-0.3, -0.25) is 0 Å². The number of hydrogen-bond acceptors (Lipinski definition) is 3. The zero-order valence-corrected chi connectivity index (χ0v) is 12.3. The van der Waals surface area contributed by atoms with E-state index in [2.05, 4.69) is 26.1 Å². The van der Waals surface area contributed by atoms with E-state index < -0.39 is 11.7 Å². The van der Waals surface area contributed by atoms with Crippen molar-refractivity contribution in [1.82, 2.24) is 10.2 Å². The van der Waals surface area contributed by atoms with E-state index in [-0.39, 0.29) is 4.83 Å². The second kappa shape index (κ2) is 5.58. The molecule has 1 heterocycles. The molecule has 0 aliphatic carbocycles. The summed E-state index contributed by atoms with van der Waals surface area (Å²) in [6.45, 7) is 1.99. The molecular formula is C12H10BrF3N2S. The van der Waals surface area contributed by atoms with E-state index in [0.717, 1.165) is 23.6 Å². The van der Waals surface area contributed by atoms with Gasteiger partial charge in [0.05, 0.1) is 10.4 Å². The van der Waals surface area contributed by atoms with Crippen molar-refractivity contribution in [3.63, 3.8) is 0 Å². The highest BCUT2D eigenvalue weighted by molar-refractivity contribution is 9.09. The van der Waals surface area contributed by atoms with Crippen LogP contribution in [0.1, 0.15) is 28.7 Å². The van der Waals surface area contributed by atoms with Gasteiger partial charge >= 0.3 is 6.18 Å². The molecule has 0 aliphatic rings. The fraction of sp³-hybridized carbons (Fsp3) is 0.333. The van der Waals surface area contributed by atoms with Crippen LogP contribution < -0.4 is 0 Å². The summed E-state index contributed by atoms with van der Waals surface area (Å²) in [6.07, 6.45) is -3.50. The molecule has 0 amide bonds. The van der Waals surface area contributed by atoms with Gasteiger partial charge in [0, 0.05) is 5.56 Å². The molecule has 0 fully saturated rings. The van der Waals surface area contributed by atoms with Crippen LogP contribution in [0.4, 0.5) is 13.2 Å². The Labute approximate surface area is 120 Å². The molecule has 1 unspecified atom stereocenters. The third-order valence-electron chi connectivity index (χ3n) is 2.50. The minimum atomic E-state index is -4.34. The average Bonchev–Trinajstić information content (AvgIpc) is 2.86. The van der Waals surface area contributed by atoms with Crippen LogP contribution in [0.15, 0.2) is 24.3 Å². The van der Waals surface area contributed by atoms with Gasteiger partial charge in [-0.2, -0.15) is 13.2 Å². The average molecular weight is 351 g/mol. The second-order valence-corrected chi connectivity index (χ2v) is 6.01. The smallest absolute Gasteiger partial charge is 0.166 e. The molecule has 0 bridgehead atoms. The summed E-state index contributed by atoms with van der Waals surface area (Å²) in [5.41, 5.74) is -0.234. The quantitative estimate of drug-likeness (QED) is 0.722. The van der Waals surface area contributed by atoms with Crippen molar-refractivity contribution in [1.29, 1.82) is 0 Å². The van der Waals surface area contributed by atoms with Gasteiger partial charge in [-0.05, 0) is 18.6 Å². The standard InChI is InChI=1S/C12H10BrF3N2S/c1-2-9(13)11-18-17-10(19-11)7-4-3-5-8(6-7)12(14,15)16/h3-6,9H,2H2,1H3. The number of alkyl halides is 4. The van der Waals surface area contributed by atoms with Crippen molar-refractivity contribution >= 4 is 27.3 Å². The van der Waals surface area contributed by atoms with Gasteiger partial charge in [-0.1, -0.05) is 46.3 Å². The molecule has 2 nitrogen and oxygen atoms in total. The molecule has 0 N–H and O–H groups in total. The number of rotatable bonds is 3. The van der Waals surface area contributed by atoms with Crippen molar-refractivity contribution in [3.05, 3.63) is 34.8 Å². The van der Waals surface area contributed by atoms with Gasteiger partial charge in [0.2, 0.25) is 0 Å². The number of aromatic nitrogens is 2. The molecule has 0 saturated carbocycles. The van der Waals surface area contributed by atoms with Crippen molar-refractivity contribution in [2.75, 3.05) is 0 Å². The summed E-state index contributed by atoms with van der Waals surface area (Å²) in [7, 11) is 0. The van der Waals surface area contributed by atoms with Crippen LogP contribution in [0.25, 0.3) is 10.6 Å². The molecule has 0 aliphatic heterocycles. The Morgan fingerprint density at radius 3 is 2.68 bits per heavy atom. The van der Waals surface area contributed by atoms with Crippen LogP contribution in [0.3, 0.4) is 0 Å². The summed E-state index contributed by atoms with van der Waals surface area (Å²) < 4.78 is 37.9. The Bertz CT molecular complexity index is 568. The predicted molar refractivity (Wildman–Crippen MR) is 72.3 cm³/mol. The van der Waals surface area contributed by atoms with E-state index in [0.29, 0.717) is 10.6 Å². The molecule has 1 aromatic carbocycles. The van der Waals surface area contributed by atoms with Crippen LogP contribution in [0.2, 0.25) is 0 Å². The summed E-state index contributed by atoms with van der Waals surface area (Å²) in [6, 6.07) is 5.13. The first-order chi connectivity index (χ1) is 8.91. The summed E-state index contributed by atoms with van der Waals surface area (Å²) in [5.74, 6) is 0. The van der Waals surface area contributed by atoms with Crippen molar-refractivity contribution < 1.29 is 13.2 Å². The van der Waals surface area contributed by atoms with Gasteiger partial charge in [-0.25, -0.2) is 0 Å². The Hall–Kier alpha value is -0.950. The molecule has 0 saturated heterocycles. The largest absolute Gasteiger partial charge is 0.416 e. The van der Waals surface area contributed by atoms with E-state index in [1.165, 1.54) is 17.4 Å². The molecular weight excluding hydrogens is 341 g/mol. The van der Waals surface area contributed by atoms with E-state index >= 15 is 0 Å². The summed E-state index contributed by atoms with van der Waals surface area (Å²) in [4.78, 5) is 0.0875. The van der Waals surface area contributed by atoms with Gasteiger partial charge in [-0.15, -0.1) is 10.2 Å². The third-order valence-corrected chi connectivity index (χ3v) is 4.97.